The molecule has 0 aliphatic heterocycles. The Hall–Kier alpha value is -1.55. The monoisotopic (exact) mass is 347 g/mol. The third-order valence-electron chi connectivity index (χ3n) is 3.60. The Morgan fingerprint density at radius 3 is 2.29 bits per heavy atom. The van der Waals surface area contributed by atoms with Crippen molar-refractivity contribution in [3.8, 4) is 0 Å². The average Bonchev–Trinajstić information content (AvgIpc) is 2.49. The molecule has 0 fully saturated rings. The van der Waals surface area contributed by atoms with Gasteiger partial charge in [0.25, 0.3) is 0 Å². The molecule has 0 spiro atoms. The Morgan fingerprint density at radius 1 is 1.05 bits per heavy atom. The van der Waals surface area contributed by atoms with E-state index in [1.807, 2.05) is 13.0 Å². The standard InChI is InChI=1S/C17H22BrN3/c1-4-21(5-2)15-8-6-14(7-9-15)12-19-16-10-11-17(18)20-13(16)3/h6-11,19H,4-5,12H2,1-3H3. The molecule has 3 nitrogen and oxygen atoms in total. The lowest BCUT2D eigenvalue weighted by atomic mass is 10.2. The van der Waals surface area contributed by atoms with Crippen molar-refractivity contribution in [2.75, 3.05) is 23.3 Å². The van der Waals surface area contributed by atoms with Crippen LogP contribution in [0, 0.1) is 6.92 Å². The average molecular weight is 348 g/mol. The van der Waals surface area contributed by atoms with Crippen LogP contribution in [-0.2, 0) is 6.54 Å². The summed E-state index contributed by atoms with van der Waals surface area (Å²) in [5.41, 5.74) is 4.63. The molecule has 0 saturated heterocycles. The summed E-state index contributed by atoms with van der Waals surface area (Å²) in [4.78, 5) is 6.74. The van der Waals surface area contributed by atoms with Gasteiger partial charge in [-0.15, -0.1) is 0 Å². The molecular formula is C17H22BrN3. The summed E-state index contributed by atoms with van der Waals surface area (Å²) >= 11 is 3.38. The van der Waals surface area contributed by atoms with Crippen molar-refractivity contribution in [2.24, 2.45) is 0 Å². The summed E-state index contributed by atoms with van der Waals surface area (Å²) in [6, 6.07) is 12.8. The van der Waals surface area contributed by atoms with Crippen LogP contribution < -0.4 is 10.2 Å². The zero-order chi connectivity index (χ0) is 15.2. The van der Waals surface area contributed by atoms with Gasteiger partial charge in [0.05, 0.1) is 11.4 Å². The first-order chi connectivity index (χ1) is 10.1. The van der Waals surface area contributed by atoms with E-state index in [0.29, 0.717) is 0 Å². The van der Waals surface area contributed by atoms with Gasteiger partial charge in [-0.2, -0.15) is 0 Å². The number of pyridine rings is 1. The Kier molecular flexibility index (Phi) is 5.62. The number of hydrogen-bond acceptors (Lipinski definition) is 3. The van der Waals surface area contributed by atoms with E-state index < -0.39 is 0 Å². The van der Waals surface area contributed by atoms with Crippen molar-refractivity contribution >= 4 is 27.3 Å². The van der Waals surface area contributed by atoms with Gasteiger partial charge in [0, 0.05) is 25.3 Å². The lowest BCUT2D eigenvalue weighted by Gasteiger charge is -2.21. The van der Waals surface area contributed by atoms with E-state index >= 15 is 0 Å². The van der Waals surface area contributed by atoms with Crippen LogP contribution in [0.2, 0.25) is 0 Å². The first-order valence-corrected chi connectivity index (χ1v) is 8.14. The van der Waals surface area contributed by atoms with Crippen LogP contribution in [0.3, 0.4) is 0 Å². The molecule has 0 atom stereocenters. The summed E-state index contributed by atoms with van der Waals surface area (Å²) in [6.07, 6.45) is 0. The number of halogens is 1. The Morgan fingerprint density at radius 2 is 1.71 bits per heavy atom. The zero-order valence-corrected chi connectivity index (χ0v) is 14.4. The van der Waals surface area contributed by atoms with Gasteiger partial charge in [0.15, 0.2) is 0 Å². The fraction of sp³-hybridized carbons (Fsp3) is 0.353. The van der Waals surface area contributed by atoms with E-state index in [1.165, 1.54) is 11.3 Å². The fourth-order valence-electron chi connectivity index (χ4n) is 2.33. The van der Waals surface area contributed by atoms with Gasteiger partial charge in [0.2, 0.25) is 0 Å². The number of anilines is 2. The van der Waals surface area contributed by atoms with Crippen molar-refractivity contribution in [3.05, 3.63) is 52.3 Å². The van der Waals surface area contributed by atoms with Gasteiger partial charge >= 0.3 is 0 Å². The molecule has 0 amide bonds. The fourth-order valence-corrected chi connectivity index (χ4v) is 2.73. The number of hydrogen-bond donors (Lipinski definition) is 1. The van der Waals surface area contributed by atoms with Gasteiger partial charge in [-0.3, -0.25) is 0 Å². The minimum absolute atomic E-state index is 0.808. The van der Waals surface area contributed by atoms with Crippen LogP contribution in [0.25, 0.3) is 0 Å². The van der Waals surface area contributed by atoms with E-state index in [0.717, 1.165) is 35.6 Å². The van der Waals surface area contributed by atoms with Gasteiger partial charge in [-0.1, -0.05) is 12.1 Å². The maximum atomic E-state index is 4.39. The van der Waals surface area contributed by atoms with Crippen LogP contribution >= 0.6 is 15.9 Å². The molecule has 2 rings (SSSR count). The molecule has 0 aliphatic rings. The molecule has 1 aromatic carbocycles. The highest BCUT2D eigenvalue weighted by Crippen LogP contribution is 2.19. The first kappa shape index (κ1) is 15.8. The third kappa shape index (κ3) is 4.21. The number of rotatable bonds is 6. The van der Waals surface area contributed by atoms with Crippen LogP contribution in [-0.4, -0.2) is 18.1 Å². The molecule has 112 valence electrons. The summed E-state index contributed by atoms with van der Waals surface area (Å²) in [5, 5.41) is 3.44. The number of nitrogens with zero attached hydrogens (tertiary/aromatic N) is 2. The second kappa shape index (κ2) is 7.46. The van der Waals surface area contributed by atoms with Crippen LogP contribution in [0.1, 0.15) is 25.1 Å². The molecule has 0 saturated carbocycles. The maximum Gasteiger partial charge on any atom is 0.106 e. The lowest BCUT2D eigenvalue weighted by Crippen LogP contribution is -2.21. The predicted octanol–water partition coefficient (Wildman–Crippen LogP) is 4.61. The van der Waals surface area contributed by atoms with Crippen molar-refractivity contribution in [2.45, 2.75) is 27.3 Å². The van der Waals surface area contributed by atoms with E-state index in [4.69, 9.17) is 0 Å². The SMILES string of the molecule is CCN(CC)c1ccc(CNc2ccc(Br)nc2C)cc1. The van der Waals surface area contributed by atoms with Crippen LogP contribution in [0.5, 0.6) is 0 Å². The smallest absolute Gasteiger partial charge is 0.106 e. The van der Waals surface area contributed by atoms with Crippen molar-refractivity contribution < 1.29 is 0 Å². The second-order valence-electron chi connectivity index (χ2n) is 4.96. The van der Waals surface area contributed by atoms with Crippen molar-refractivity contribution in [1.82, 2.24) is 4.98 Å². The van der Waals surface area contributed by atoms with Crippen molar-refractivity contribution in [3.63, 3.8) is 0 Å². The molecule has 1 aromatic heterocycles. The second-order valence-corrected chi connectivity index (χ2v) is 5.77. The molecule has 0 unspecified atom stereocenters. The number of nitrogens with one attached hydrogen (secondary N) is 1. The van der Waals surface area contributed by atoms with Crippen molar-refractivity contribution in [1.29, 1.82) is 0 Å². The molecule has 0 aliphatic carbocycles. The first-order valence-electron chi connectivity index (χ1n) is 7.35. The molecule has 0 bridgehead atoms. The maximum absolute atomic E-state index is 4.39. The van der Waals surface area contributed by atoms with Gasteiger partial charge in [-0.05, 0) is 66.5 Å². The van der Waals surface area contributed by atoms with Crippen LogP contribution in [0.4, 0.5) is 11.4 Å². The summed E-state index contributed by atoms with van der Waals surface area (Å²) in [6.45, 7) is 9.26. The molecule has 1 heterocycles. The normalized spacial score (nSPS) is 10.5. The minimum Gasteiger partial charge on any atom is -0.380 e. The minimum atomic E-state index is 0.808. The topological polar surface area (TPSA) is 28.2 Å². The summed E-state index contributed by atoms with van der Waals surface area (Å²) in [7, 11) is 0. The summed E-state index contributed by atoms with van der Waals surface area (Å²) < 4.78 is 0.870. The largest absolute Gasteiger partial charge is 0.380 e. The summed E-state index contributed by atoms with van der Waals surface area (Å²) in [5.74, 6) is 0. The van der Waals surface area contributed by atoms with E-state index in [1.54, 1.807) is 0 Å². The number of benzene rings is 1. The van der Waals surface area contributed by atoms with Crippen LogP contribution in [0.15, 0.2) is 41.0 Å². The quantitative estimate of drug-likeness (QED) is 0.773. The molecule has 21 heavy (non-hydrogen) atoms. The molecule has 1 N–H and O–H groups in total. The van der Waals surface area contributed by atoms with Gasteiger partial charge in [0.1, 0.15) is 4.60 Å². The zero-order valence-electron chi connectivity index (χ0n) is 12.9. The highest BCUT2D eigenvalue weighted by molar-refractivity contribution is 9.10. The Balaban J connectivity index is 2.00. The van der Waals surface area contributed by atoms with E-state index in [2.05, 4.69) is 75.3 Å². The lowest BCUT2D eigenvalue weighted by molar-refractivity contribution is 0.865. The van der Waals surface area contributed by atoms with E-state index in [9.17, 15) is 0 Å². The number of aryl methyl sites for hydroxylation is 1. The van der Waals surface area contributed by atoms with Gasteiger partial charge in [-0.25, -0.2) is 4.98 Å². The number of aromatic nitrogens is 1. The highest BCUT2D eigenvalue weighted by atomic mass is 79.9. The molecule has 0 radical (unpaired) electrons. The third-order valence-corrected chi connectivity index (χ3v) is 4.04. The molecule has 4 heteroatoms. The predicted molar refractivity (Wildman–Crippen MR) is 94.0 cm³/mol. The molecular weight excluding hydrogens is 326 g/mol. The highest BCUT2D eigenvalue weighted by Gasteiger charge is 2.03. The molecule has 2 aromatic rings. The van der Waals surface area contributed by atoms with E-state index in [-0.39, 0.29) is 0 Å². The Labute approximate surface area is 135 Å². The van der Waals surface area contributed by atoms with Gasteiger partial charge < -0.3 is 10.2 Å². The Bertz CT molecular complexity index is 577.